The van der Waals surface area contributed by atoms with Gasteiger partial charge in [0.2, 0.25) is 0 Å². The van der Waals surface area contributed by atoms with Crippen LogP contribution in [0.4, 0.5) is 0 Å². The average molecular weight is 232 g/mol. The lowest BCUT2D eigenvalue weighted by Crippen LogP contribution is -2.06. The van der Waals surface area contributed by atoms with Crippen molar-refractivity contribution in [1.29, 1.82) is 0 Å². The summed E-state index contributed by atoms with van der Waals surface area (Å²) in [5.74, 6) is -0.326. The van der Waals surface area contributed by atoms with Crippen LogP contribution in [-0.4, -0.2) is 11.1 Å². The lowest BCUT2D eigenvalue weighted by molar-refractivity contribution is -0.138. The molecule has 0 amide bonds. The first-order valence-electron chi connectivity index (χ1n) is 5.87. The fraction of sp³-hybridized carbons (Fsp3) is 0.357. The summed E-state index contributed by atoms with van der Waals surface area (Å²) in [6.07, 6.45) is 1.96. The molecule has 0 saturated heterocycles. The first-order valence-corrected chi connectivity index (χ1v) is 5.87. The van der Waals surface area contributed by atoms with E-state index in [-0.39, 0.29) is 0 Å². The van der Waals surface area contributed by atoms with Gasteiger partial charge < -0.3 is 9.52 Å². The number of hydrogen-bond donors (Lipinski definition) is 1. The SMILES string of the molecule is CCCc1cc2cc(C(C)C(=O)O)ccc2o1. The van der Waals surface area contributed by atoms with Crippen LogP contribution < -0.4 is 0 Å². The molecule has 0 bridgehead atoms. The topological polar surface area (TPSA) is 50.4 Å². The first kappa shape index (κ1) is 11.7. The van der Waals surface area contributed by atoms with E-state index in [1.165, 1.54) is 0 Å². The van der Waals surface area contributed by atoms with Gasteiger partial charge in [-0.25, -0.2) is 0 Å². The number of fused-ring (bicyclic) bond motifs is 1. The second-order valence-corrected chi connectivity index (χ2v) is 4.32. The van der Waals surface area contributed by atoms with Gasteiger partial charge in [-0.2, -0.15) is 0 Å². The second kappa shape index (κ2) is 4.62. The fourth-order valence-corrected chi connectivity index (χ4v) is 1.90. The zero-order valence-corrected chi connectivity index (χ0v) is 10.1. The smallest absolute Gasteiger partial charge is 0.310 e. The summed E-state index contributed by atoms with van der Waals surface area (Å²) >= 11 is 0. The van der Waals surface area contributed by atoms with Crippen LogP contribution in [0.25, 0.3) is 11.0 Å². The van der Waals surface area contributed by atoms with E-state index >= 15 is 0 Å². The van der Waals surface area contributed by atoms with E-state index < -0.39 is 11.9 Å². The van der Waals surface area contributed by atoms with Gasteiger partial charge in [0.15, 0.2) is 0 Å². The number of hydrogen-bond acceptors (Lipinski definition) is 2. The van der Waals surface area contributed by atoms with E-state index in [0.29, 0.717) is 0 Å². The minimum atomic E-state index is -0.804. The van der Waals surface area contributed by atoms with Crippen LogP contribution >= 0.6 is 0 Å². The molecule has 0 saturated carbocycles. The van der Waals surface area contributed by atoms with Gasteiger partial charge in [0.1, 0.15) is 11.3 Å². The summed E-state index contributed by atoms with van der Waals surface area (Å²) in [7, 11) is 0. The van der Waals surface area contributed by atoms with E-state index in [1.807, 2.05) is 24.3 Å². The third kappa shape index (κ3) is 2.33. The Balaban J connectivity index is 2.39. The van der Waals surface area contributed by atoms with Crippen molar-refractivity contribution in [3.63, 3.8) is 0 Å². The number of aliphatic carboxylic acids is 1. The standard InChI is InChI=1S/C14H16O3/c1-3-4-12-8-11-7-10(9(2)14(15)16)5-6-13(11)17-12/h5-9H,3-4H2,1-2H3,(H,15,16). The van der Waals surface area contributed by atoms with Crippen LogP contribution in [0.15, 0.2) is 28.7 Å². The van der Waals surface area contributed by atoms with Crippen LogP contribution in [0.5, 0.6) is 0 Å². The zero-order valence-electron chi connectivity index (χ0n) is 10.1. The Bertz CT molecular complexity index is 539. The molecular weight excluding hydrogens is 216 g/mol. The number of carbonyl (C=O) groups is 1. The number of benzene rings is 1. The van der Waals surface area contributed by atoms with Crippen molar-refractivity contribution in [2.75, 3.05) is 0 Å². The molecule has 2 aromatic rings. The molecule has 1 aromatic carbocycles. The fourth-order valence-electron chi connectivity index (χ4n) is 1.90. The maximum atomic E-state index is 10.9. The highest BCUT2D eigenvalue weighted by Crippen LogP contribution is 2.25. The number of carboxylic acids is 1. The van der Waals surface area contributed by atoms with Crippen LogP contribution in [0, 0.1) is 0 Å². The Morgan fingerprint density at radius 1 is 1.41 bits per heavy atom. The molecule has 3 nitrogen and oxygen atoms in total. The number of rotatable bonds is 4. The minimum absolute atomic E-state index is 0.482. The van der Waals surface area contributed by atoms with Gasteiger partial charge in [0, 0.05) is 11.8 Å². The molecule has 17 heavy (non-hydrogen) atoms. The van der Waals surface area contributed by atoms with Gasteiger partial charge in [0.25, 0.3) is 0 Å². The highest BCUT2D eigenvalue weighted by atomic mass is 16.4. The van der Waals surface area contributed by atoms with E-state index in [4.69, 9.17) is 9.52 Å². The largest absolute Gasteiger partial charge is 0.481 e. The van der Waals surface area contributed by atoms with Crippen molar-refractivity contribution in [2.45, 2.75) is 32.6 Å². The molecule has 1 atom stereocenters. The van der Waals surface area contributed by atoms with Crippen molar-refractivity contribution >= 4 is 16.9 Å². The summed E-state index contributed by atoms with van der Waals surface area (Å²) in [5.41, 5.74) is 1.64. The molecule has 1 N–H and O–H groups in total. The molecule has 0 fully saturated rings. The third-order valence-electron chi connectivity index (χ3n) is 2.96. The summed E-state index contributed by atoms with van der Waals surface area (Å²) in [6.45, 7) is 3.79. The Labute approximate surface area is 100 Å². The summed E-state index contributed by atoms with van der Waals surface area (Å²) in [6, 6.07) is 7.57. The molecule has 0 radical (unpaired) electrons. The number of carboxylic acid groups (broad SMARTS) is 1. The molecular formula is C14H16O3. The Hall–Kier alpha value is -1.77. The predicted octanol–water partition coefficient (Wildman–Crippen LogP) is 3.57. The summed E-state index contributed by atoms with van der Waals surface area (Å²) in [5, 5.41) is 9.96. The normalized spacial score (nSPS) is 12.8. The summed E-state index contributed by atoms with van der Waals surface area (Å²) < 4.78 is 5.66. The molecule has 1 unspecified atom stereocenters. The molecule has 3 heteroatoms. The molecule has 0 aliphatic carbocycles. The molecule has 0 aliphatic heterocycles. The lowest BCUT2D eigenvalue weighted by atomic mass is 10.0. The van der Waals surface area contributed by atoms with Crippen LogP contribution in [0.2, 0.25) is 0 Å². The molecule has 2 rings (SSSR count). The maximum Gasteiger partial charge on any atom is 0.310 e. The molecule has 0 aliphatic rings. The zero-order chi connectivity index (χ0) is 12.4. The van der Waals surface area contributed by atoms with Crippen LogP contribution in [0.3, 0.4) is 0 Å². The van der Waals surface area contributed by atoms with Crippen molar-refractivity contribution in [3.8, 4) is 0 Å². The molecule has 1 aromatic heterocycles. The van der Waals surface area contributed by atoms with Crippen molar-refractivity contribution in [1.82, 2.24) is 0 Å². The highest BCUT2D eigenvalue weighted by molar-refractivity contribution is 5.82. The Morgan fingerprint density at radius 3 is 2.82 bits per heavy atom. The van der Waals surface area contributed by atoms with Gasteiger partial charge in [0.05, 0.1) is 5.92 Å². The molecule has 90 valence electrons. The van der Waals surface area contributed by atoms with E-state index in [2.05, 4.69) is 6.92 Å². The Kier molecular flexibility index (Phi) is 3.18. The van der Waals surface area contributed by atoms with Gasteiger partial charge >= 0.3 is 5.97 Å². The van der Waals surface area contributed by atoms with E-state index in [9.17, 15) is 4.79 Å². The highest BCUT2D eigenvalue weighted by Gasteiger charge is 2.14. The predicted molar refractivity (Wildman–Crippen MR) is 66.3 cm³/mol. The van der Waals surface area contributed by atoms with E-state index in [0.717, 1.165) is 35.1 Å². The van der Waals surface area contributed by atoms with Crippen LogP contribution in [-0.2, 0) is 11.2 Å². The van der Waals surface area contributed by atoms with Gasteiger partial charge in [-0.3, -0.25) is 4.79 Å². The molecule has 1 heterocycles. The van der Waals surface area contributed by atoms with Gasteiger partial charge in [-0.1, -0.05) is 13.0 Å². The summed E-state index contributed by atoms with van der Waals surface area (Å²) in [4.78, 5) is 10.9. The van der Waals surface area contributed by atoms with Crippen molar-refractivity contribution in [2.24, 2.45) is 0 Å². The Morgan fingerprint density at radius 2 is 2.18 bits per heavy atom. The monoisotopic (exact) mass is 232 g/mol. The maximum absolute atomic E-state index is 10.9. The van der Waals surface area contributed by atoms with Crippen molar-refractivity contribution in [3.05, 3.63) is 35.6 Å². The van der Waals surface area contributed by atoms with Crippen molar-refractivity contribution < 1.29 is 14.3 Å². The third-order valence-corrected chi connectivity index (χ3v) is 2.96. The molecule has 0 spiro atoms. The lowest BCUT2D eigenvalue weighted by Gasteiger charge is -2.05. The first-order chi connectivity index (χ1) is 8.11. The van der Waals surface area contributed by atoms with Gasteiger partial charge in [-0.05, 0) is 37.1 Å². The van der Waals surface area contributed by atoms with E-state index in [1.54, 1.807) is 6.92 Å². The van der Waals surface area contributed by atoms with Crippen LogP contribution in [0.1, 0.15) is 37.5 Å². The second-order valence-electron chi connectivity index (χ2n) is 4.32. The number of furan rings is 1. The number of aryl methyl sites for hydroxylation is 1. The minimum Gasteiger partial charge on any atom is -0.481 e. The van der Waals surface area contributed by atoms with Gasteiger partial charge in [-0.15, -0.1) is 0 Å². The quantitative estimate of drug-likeness (QED) is 0.876. The average Bonchev–Trinajstić information content (AvgIpc) is 2.69.